The van der Waals surface area contributed by atoms with Crippen LogP contribution in [0.5, 0.6) is 11.5 Å². The SMILES string of the molecule is CCNC(=O)N(C)CC(=O)N1N=C(c2ccc(OC)cc2OC)C[C@H]1c1ccc(F)cc1. The van der Waals surface area contributed by atoms with Crippen molar-refractivity contribution in [1.29, 1.82) is 0 Å². The summed E-state index contributed by atoms with van der Waals surface area (Å²) in [6.45, 7) is 2.11. The molecule has 1 aliphatic rings. The Kier molecular flexibility index (Phi) is 7.29. The maximum absolute atomic E-state index is 13.5. The molecule has 1 aliphatic heterocycles. The first-order valence-corrected chi connectivity index (χ1v) is 10.2. The van der Waals surface area contributed by atoms with E-state index in [1.807, 2.05) is 6.07 Å². The van der Waals surface area contributed by atoms with Gasteiger partial charge in [-0.2, -0.15) is 5.10 Å². The molecular weight excluding hydrogens is 415 g/mol. The monoisotopic (exact) mass is 442 g/mol. The number of nitrogens with one attached hydrogen (secondary N) is 1. The maximum atomic E-state index is 13.5. The first kappa shape index (κ1) is 23.1. The number of hydrogen-bond acceptors (Lipinski definition) is 5. The topological polar surface area (TPSA) is 83.5 Å². The second-order valence-electron chi connectivity index (χ2n) is 7.31. The summed E-state index contributed by atoms with van der Waals surface area (Å²) < 4.78 is 24.2. The first-order valence-electron chi connectivity index (χ1n) is 10.2. The Morgan fingerprint density at radius 1 is 1.19 bits per heavy atom. The first-order chi connectivity index (χ1) is 15.4. The van der Waals surface area contributed by atoms with Crippen molar-refractivity contribution >= 4 is 17.6 Å². The van der Waals surface area contributed by atoms with E-state index in [0.29, 0.717) is 30.2 Å². The van der Waals surface area contributed by atoms with Gasteiger partial charge in [-0.3, -0.25) is 4.79 Å². The number of amides is 3. The fourth-order valence-electron chi connectivity index (χ4n) is 3.52. The van der Waals surface area contributed by atoms with Gasteiger partial charge in [0.2, 0.25) is 0 Å². The number of urea groups is 1. The van der Waals surface area contributed by atoms with Gasteiger partial charge < -0.3 is 19.7 Å². The molecule has 8 nitrogen and oxygen atoms in total. The molecule has 170 valence electrons. The van der Waals surface area contributed by atoms with Crippen molar-refractivity contribution in [3.63, 3.8) is 0 Å². The summed E-state index contributed by atoms with van der Waals surface area (Å²) in [6, 6.07) is 10.6. The number of carbonyl (C=O) groups is 2. The molecule has 3 rings (SSSR count). The third kappa shape index (κ3) is 4.99. The highest BCUT2D eigenvalue weighted by atomic mass is 19.1. The van der Waals surface area contributed by atoms with Crippen LogP contribution in [0.25, 0.3) is 0 Å². The maximum Gasteiger partial charge on any atom is 0.317 e. The van der Waals surface area contributed by atoms with E-state index in [1.165, 1.54) is 22.0 Å². The van der Waals surface area contributed by atoms with Crippen LogP contribution in [0.2, 0.25) is 0 Å². The largest absolute Gasteiger partial charge is 0.497 e. The predicted molar refractivity (Wildman–Crippen MR) is 118 cm³/mol. The third-order valence-corrected chi connectivity index (χ3v) is 5.19. The predicted octanol–water partition coefficient (Wildman–Crippen LogP) is 3.18. The molecule has 0 spiro atoms. The zero-order valence-electron chi connectivity index (χ0n) is 18.6. The molecule has 1 heterocycles. The molecule has 32 heavy (non-hydrogen) atoms. The fraction of sp³-hybridized carbons (Fsp3) is 0.348. The summed E-state index contributed by atoms with van der Waals surface area (Å²) in [5.74, 6) is 0.486. The lowest BCUT2D eigenvalue weighted by atomic mass is 9.97. The smallest absolute Gasteiger partial charge is 0.317 e. The Bertz CT molecular complexity index is 1010. The number of methoxy groups -OCH3 is 2. The number of carbonyl (C=O) groups excluding carboxylic acids is 2. The van der Waals surface area contributed by atoms with Gasteiger partial charge in [0.15, 0.2) is 0 Å². The van der Waals surface area contributed by atoms with E-state index in [1.54, 1.807) is 52.5 Å². The average Bonchev–Trinajstić information content (AvgIpc) is 3.24. The molecular formula is C23H27FN4O4. The number of ether oxygens (including phenoxy) is 2. The van der Waals surface area contributed by atoms with Crippen LogP contribution in [0.15, 0.2) is 47.6 Å². The highest BCUT2D eigenvalue weighted by Crippen LogP contribution is 2.36. The van der Waals surface area contributed by atoms with E-state index < -0.39 is 6.04 Å². The number of rotatable bonds is 7. The quantitative estimate of drug-likeness (QED) is 0.714. The van der Waals surface area contributed by atoms with Crippen molar-refractivity contribution in [2.45, 2.75) is 19.4 Å². The number of halogens is 1. The minimum Gasteiger partial charge on any atom is -0.497 e. The Morgan fingerprint density at radius 3 is 2.53 bits per heavy atom. The van der Waals surface area contributed by atoms with Crippen LogP contribution >= 0.6 is 0 Å². The molecule has 0 radical (unpaired) electrons. The molecule has 2 aromatic rings. The molecule has 3 amide bonds. The summed E-state index contributed by atoms with van der Waals surface area (Å²) in [5.41, 5.74) is 2.12. The summed E-state index contributed by atoms with van der Waals surface area (Å²) in [7, 11) is 4.66. The van der Waals surface area contributed by atoms with Crippen LogP contribution < -0.4 is 14.8 Å². The molecule has 0 saturated carbocycles. The Morgan fingerprint density at radius 2 is 1.91 bits per heavy atom. The second kappa shape index (κ2) is 10.1. The summed E-state index contributed by atoms with van der Waals surface area (Å²) in [4.78, 5) is 26.5. The van der Waals surface area contributed by atoms with Crippen LogP contribution in [-0.2, 0) is 4.79 Å². The van der Waals surface area contributed by atoms with E-state index >= 15 is 0 Å². The van der Waals surface area contributed by atoms with Gasteiger partial charge >= 0.3 is 6.03 Å². The number of hydrazone groups is 1. The second-order valence-corrected chi connectivity index (χ2v) is 7.31. The van der Waals surface area contributed by atoms with Crippen molar-refractivity contribution < 1.29 is 23.5 Å². The zero-order valence-corrected chi connectivity index (χ0v) is 18.6. The van der Waals surface area contributed by atoms with E-state index in [2.05, 4.69) is 10.4 Å². The third-order valence-electron chi connectivity index (χ3n) is 5.19. The van der Waals surface area contributed by atoms with Crippen LogP contribution in [0.4, 0.5) is 9.18 Å². The Labute approximate surface area is 186 Å². The molecule has 1 N–H and O–H groups in total. The van der Waals surface area contributed by atoms with Crippen molar-refractivity contribution in [3.8, 4) is 11.5 Å². The van der Waals surface area contributed by atoms with Crippen molar-refractivity contribution in [2.75, 3.05) is 34.4 Å². The van der Waals surface area contributed by atoms with Gasteiger partial charge in [0.1, 0.15) is 23.9 Å². The lowest BCUT2D eigenvalue weighted by Gasteiger charge is -2.25. The lowest BCUT2D eigenvalue weighted by Crippen LogP contribution is -2.43. The Hall–Kier alpha value is -3.62. The summed E-state index contributed by atoms with van der Waals surface area (Å²) in [5, 5.41) is 8.61. The molecule has 2 aromatic carbocycles. The Balaban J connectivity index is 1.94. The van der Waals surface area contributed by atoms with E-state index in [9.17, 15) is 14.0 Å². The molecule has 0 bridgehead atoms. The normalized spacial score (nSPS) is 15.2. The van der Waals surface area contributed by atoms with Crippen molar-refractivity contribution in [2.24, 2.45) is 5.10 Å². The van der Waals surface area contributed by atoms with Crippen LogP contribution in [-0.4, -0.2) is 61.9 Å². The van der Waals surface area contributed by atoms with Gasteiger partial charge in [-0.05, 0) is 36.8 Å². The number of nitrogens with zero attached hydrogens (tertiary/aromatic N) is 3. The molecule has 0 aliphatic carbocycles. The minimum atomic E-state index is -0.437. The van der Waals surface area contributed by atoms with Gasteiger partial charge in [0.05, 0.1) is 26.0 Å². The van der Waals surface area contributed by atoms with E-state index in [-0.39, 0.29) is 24.3 Å². The van der Waals surface area contributed by atoms with Crippen LogP contribution in [0, 0.1) is 5.82 Å². The van der Waals surface area contributed by atoms with Crippen LogP contribution in [0.3, 0.4) is 0 Å². The van der Waals surface area contributed by atoms with Crippen LogP contribution in [0.1, 0.15) is 30.5 Å². The number of likely N-dealkylation sites (N-methyl/N-ethyl adjacent to an activating group) is 1. The van der Waals surface area contributed by atoms with Gasteiger partial charge in [-0.25, -0.2) is 14.2 Å². The minimum absolute atomic E-state index is 0.153. The van der Waals surface area contributed by atoms with Gasteiger partial charge in [-0.15, -0.1) is 0 Å². The summed E-state index contributed by atoms with van der Waals surface area (Å²) in [6.07, 6.45) is 0.408. The van der Waals surface area contributed by atoms with Gasteiger partial charge in [-0.1, -0.05) is 12.1 Å². The fourth-order valence-corrected chi connectivity index (χ4v) is 3.52. The molecule has 0 fully saturated rings. The standard InChI is InChI=1S/C23H27FN4O4/c1-5-25-23(30)27(2)14-22(29)28-20(15-6-8-16(24)9-7-15)13-19(26-28)18-11-10-17(31-3)12-21(18)32-4/h6-12,20H,5,13-14H2,1-4H3,(H,25,30)/t20-/m0/s1. The molecule has 9 heteroatoms. The molecule has 0 saturated heterocycles. The van der Waals surface area contributed by atoms with Gasteiger partial charge in [0.25, 0.3) is 5.91 Å². The molecule has 0 aromatic heterocycles. The van der Waals surface area contributed by atoms with Crippen molar-refractivity contribution in [1.82, 2.24) is 15.2 Å². The molecule has 0 unspecified atom stereocenters. The van der Waals surface area contributed by atoms with Gasteiger partial charge in [0, 0.05) is 31.6 Å². The van der Waals surface area contributed by atoms with Crippen molar-refractivity contribution in [3.05, 3.63) is 59.4 Å². The zero-order chi connectivity index (χ0) is 23.3. The molecule has 1 atom stereocenters. The highest BCUT2D eigenvalue weighted by Gasteiger charge is 2.34. The summed E-state index contributed by atoms with van der Waals surface area (Å²) >= 11 is 0. The van der Waals surface area contributed by atoms with E-state index in [0.717, 1.165) is 11.1 Å². The van der Waals surface area contributed by atoms with E-state index in [4.69, 9.17) is 9.47 Å². The average molecular weight is 442 g/mol. The highest BCUT2D eigenvalue weighted by molar-refractivity contribution is 6.05. The number of benzene rings is 2. The number of hydrogen-bond donors (Lipinski definition) is 1. The lowest BCUT2D eigenvalue weighted by molar-refractivity contribution is -0.133.